The molecule has 29 heavy (non-hydrogen) atoms. The Hall–Kier alpha value is -3.13. The van der Waals surface area contributed by atoms with Crippen molar-refractivity contribution in [2.75, 3.05) is 31.7 Å². The lowest BCUT2D eigenvalue weighted by Gasteiger charge is -2.19. The molecule has 0 aromatic heterocycles. The van der Waals surface area contributed by atoms with Gasteiger partial charge in [-0.1, -0.05) is 6.07 Å². The molecule has 1 amide bonds. The molecule has 7 nitrogen and oxygen atoms in total. The van der Waals surface area contributed by atoms with E-state index in [-0.39, 0.29) is 17.6 Å². The van der Waals surface area contributed by atoms with Gasteiger partial charge in [0.05, 0.1) is 12.6 Å². The number of carbonyl (C=O) groups is 1. The Kier molecular flexibility index (Phi) is 5.90. The van der Waals surface area contributed by atoms with Crippen LogP contribution in [0.15, 0.2) is 47.5 Å². The van der Waals surface area contributed by atoms with Gasteiger partial charge in [-0.25, -0.2) is 9.38 Å². The fourth-order valence-corrected chi connectivity index (χ4v) is 3.16. The SMILES string of the molecule is O=C(NC(=NC[C@H]1CCCO1)Nc1ccc2c(c1)OCCO2)c1cccc(F)c1. The summed E-state index contributed by atoms with van der Waals surface area (Å²) in [5, 5.41) is 5.82. The third kappa shape index (κ3) is 5.03. The van der Waals surface area contributed by atoms with Crippen molar-refractivity contribution >= 4 is 17.6 Å². The first kappa shape index (κ1) is 19.2. The molecule has 2 aliphatic heterocycles. The Labute approximate surface area is 167 Å². The molecule has 4 rings (SSSR count). The minimum absolute atomic E-state index is 0.0261. The number of guanidine groups is 1. The zero-order valence-electron chi connectivity index (χ0n) is 15.8. The Bertz CT molecular complexity index is 913. The maximum atomic E-state index is 13.5. The summed E-state index contributed by atoms with van der Waals surface area (Å²) in [6.07, 6.45) is 1.96. The molecule has 152 valence electrons. The van der Waals surface area contributed by atoms with Gasteiger partial charge < -0.3 is 19.5 Å². The van der Waals surface area contributed by atoms with Crippen LogP contribution in [0.5, 0.6) is 11.5 Å². The third-order valence-electron chi connectivity index (χ3n) is 4.60. The fraction of sp³-hybridized carbons (Fsp3) is 0.333. The van der Waals surface area contributed by atoms with Gasteiger partial charge >= 0.3 is 0 Å². The standard InChI is InChI=1S/C21H22FN3O4/c22-15-4-1-3-14(11-15)20(26)25-21(23-13-17-5-2-8-27-17)24-16-6-7-18-19(12-16)29-10-9-28-18/h1,3-4,6-7,11-12,17H,2,5,8-10,13H2,(H2,23,24,25,26)/t17-/m1/s1. The van der Waals surface area contributed by atoms with E-state index in [0.29, 0.717) is 36.9 Å². The summed E-state index contributed by atoms with van der Waals surface area (Å²) in [7, 11) is 0. The van der Waals surface area contributed by atoms with Crippen LogP contribution < -0.4 is 20.1 Å². The van der Waals surface area contributed by atoms with E-state index < -0.39 is 11.7 Å². The van der Waals surface area contributed by atoms with Crippen LogP contribution in [-0.2, 0) is 4.74 Å². The lowest BCUT2D eigenvalue weighted by Crippen LogP contribution is -2.36. The lowest BCUT2D eigenvalue weighted by atomic mass is 10.2. The van der Waals surface area contributed by atoms with Gasteiger partial charge in [0.1, 0.15) is 19.0 Å². The second kappa shape index (κ2) is 8.91. The van der Waals surface area contributed by atoms with Crippen molar-refractivity contribution in [2.45, 2.75) is 18.9 Å². The summed E-state index contributed by atoms with van der Waals surface area (Å²) in [6, 6.07) is 10.9. The lowest BCUT2D eigenvalue weighted by molar-refractivity contribution is 0.0975. The largest absolute Gasteiger partial charge is 0.486 e. The quantitative estimate of drug-likeness (QED) is 0.610. The fourth-order valence-electron chi connectivity index (χ4n) is 3.16. The highest BCUT2D eigenvalue weighted by Gasteiger charge is 2.17. The van der Waals surface area contributed by atoms with Gasteiger partial charge in [-0.05, 0) is 43.2 Å². The molecular weight excluding hydrogens is 377 g/mol. The monoisotopic (exact) mass is 399 g/mol. The number of fused-ring (bicyclic) bond motifs is 1. The minimum atomic E-state index is -0.477. The van der Waals surface area contributed by atoms with E-state index in [1.165, 1.54) is 18.2 Å². The van der Waals surface area contributed by atoms with Crippen LogP contribution in [0.4, 0.5) is 10.1 Å². The van der Waals surface area contributed by atoms with Crippen molar-refractivity contribution in [1.82, 2.24) is 5.32 Å². The molecule has 2 aromatic rings. The number of hydrogen-bond acceptors (Lipinski definition) is 5. The van der Waals surface area contributed by atoms with Crippen molar-refractivity contribution in [2.24, 2.45) is 4.99 Å². The van der Waals surface area contributed by atoms with Crippen LogP contribution in [0.3, 0.4) is 0 Å². The predicted octanol–water partition coefficient (Wildman–Crippen LogP) is 2.97. The summed E-state index contributed by atoms with van der Waals surface area (Å²) in [5.41, 5.74) is 0.888. The number of hydrogen-bond donors (Lipinski definition) is 2. The van der Waals surface area contributed by atoms with E-state index in [9.17, 15) is 9.18 Å². The molecule has 0 aliphatic carbocycles. The van der Waals surface area contributed by atoms with Gasteiger partial charge in [0.2, 0.25) is 5.96 Å². The van der Waals surface area contributed by atoms with E-state index >= 15 is 0 Å². The zero-order chi connectivity index (χ0) is 20.1. The molecular formula is C21H22FN3O4. The van der Waals surface area contributed by atoms with Crippen LogP contribution in [0, 0.1) is 5.82 Å². The summed E-state index contributed by atoms with van der Waals surface area (Å²) >= 11 is 0. The minimum Gasteiger partial charge on any atom is -0.486 e. The highest BCUT2D eigenvalue weighted by molar-refractivity contribution is 6.10. The highest BCUT2D eigenvalue weighted by Crippen LogP contribution is 2.32. The Morgan fingerprint density at radius 2 is 1.97 bits per heavy atom. The average molecular weight is 399 g/mol. The molecule has 1 saturated heterocycles. The van der Waals surface area contributed by atoms with E-state index in [1.54, 1.807) is 18.2 Å². The molecule has 2 aliphatic rings. The number of anilines is 1. The zero-order valence-corrected chi connectivity index (χ0v) is 15.8. The smallest absolute Gasteiger partial charge is 0.258 e. The van der Waals surface area contributed by atoms with Gasteiger partial charge in [-0.2, -0.15) is 0 Å². The summed E-state index contributed by atoms with van der Waals surface area (Å²) in [5.74, 6) is 0.613. The van der Waals surface area contributed by atoms with E-state index in [1.807, 2.05) is 6.07 Å². The van der Waals surface area contributed by atoms with Crippen LogP contribution in [0.2, 0.25) is 0 Å². The Morgan fingerprint density at radius 1 is 1.10 bits per heavy atom. The molecule has 0 saturated carbocycles. The van der Waals surface area contributed by atoms with Crippen molar-refractivity contribution < 1.29 is 23.4 Å². The van der Waals surface area contributed by atoms with Crippen LogP contribution >= 0.6 is 0 Å². The van der Waals surface area contributed by atoms with Gasteiger partial charge in [-0.3, -0.25) is 10.1 Å². The Balaban J connectivity index is 1.51. The summed E-state index contributed by atoms with van der Waals surface area (Å²) in [4.78, 5) is 17.0. The van der Waals surface area contributed by atoms with Crippen LogP contribution in [0.1, 0.15) is 23.2 Å². The van der Waals surface area contributed by atoms with Gasteiger partial charge in [0, 0.05) is 23.9 Å². The van der Waals surface area contributed by atoms with Crippen molar-refractivity contribution in [3.05, 3.63) is 53.8 Å². The van der Waals surface area contributed by atoms with Crippen LogP contribution in [-0.4, -0.2) is 44.3 Å². The molecule has 1 fully saturated rings. The Morgan fingerprint density at radius 3 is 2.76 bits per heavy atom. The van der Waals surface area contributed by atoms with Crippen LogP contribution in [0.25, 0.3) is 0 Å². The second-order valence-corrected chi connectivity index (χ2v) is 6.77. The number of halogens is 1. The van der Waals surface area contributed by atoms with E-state index in [2.05, 4.69) is 15.6 Å². The van der Waals surface area contributed by atoms with Crippen molar-refractivity contribution in [1.29, 1.82) is 0 Å². The number of rotatable bonds is 4. The molecule has 0 unspecified atom stereocenters. The van der Waals surface area contributed by atoms with Crippen molar-refractivity contribution in [3.8, 4) is 11.5 Å². The number of ether oxygens (including phenoxy) is 3. The van der Waals surface area contributed by atoms with Crippen molar-refractivity contribution in [3.63, 3.8) is 0 Å². The normalized spacial score (nSPS) is 18.4. The van der Waals surface area contributed by atoms with Gasteiger partial charge in [0.25, 0.3) is 5.91 Å². The number of benzene rings is 2. The third-order valence-corrected chi connectivity index (χ3v) is 4.60. The van der Waals surface area contributed by atoms with Gasteiger partial charge in [-0.15, -0.1) is 0 Å². The predicted molar refractivity (Wildman–Crippen MR) is 106 cm³/mol. The highest BCUT2D eigenvalue weighted by atomic mass is 19.1. The number of carbonyl (C=O) groups excluding carboxylic acids is 1. The number of nitrogens with zero attached hydrogens (tertiary/aromatic N) is 1. The van der Waals surface area contributed by atoms with E-state index in [4.69, 9.17) is 14.2 Å². The molecule has 2 aromatic carbocycles. The molecule has 1 atom stereocenters. The molecule has 8 heteroatoms. The van der Waals surface area contributed by atoms with Gasteiger partial charge in [0.15, 0.2) is 11.5 Å². The topological polar surface area (TPSA) is 81.2 Å². The molecule has 2 N–H and O–H groups in total. The second-order valence-electron chi connectivity index (χ2n) is 6.77. The number of nitrogens with one attached hydrogen (secondary N) is 2. The van der Waals surface area contributed by atoms with E-state index in [0.717, 1.165) is 19.4 Å². The molecule has 0 spiro atoms. The maximum absolute atomic E-state index is 13.5. The number of amides is 1. The number of aliphatic imine (C=N–C) groups is 1. The first-order valence-corrected chi connectivity index (χ1v) is 9.57. The summed E-state index contributed by atoms with van der Waals surface area (Å²) < 4.78 is 30.2. The molecule has 0 bridgehead atoms. The first-order valence-electron chi connectivity index (χ1n) is 9.57. The first-order chi connectivity index (χ1) is 14.2. The molecule has 2 heterocycles. The summed E-state index contributed by atoms with van der Waals surface area (Å²) in [6.45, 7) is 2.13. The maximum Gasteiger partial charge on any atom is 0.258 e. The average Bonchev–Trinajstić information content (AvgIpc) is 3.25. The molecule has 0 radical (unpaired) electrons.